The van der Waals surface area contributed by atoms with Gasteiger partial charge in [-0.1, -0.05) is 12.1 Å². The molecule has 0 radical (unpaired) electrons. The van der Waals surface area contributed by atoms with Crippen molar-refractivity contribution >= 4 is 15.8 Å². The van der Waals surface area contributed by atoms with Gasteiger partial charge in [0.15, 0.2) is 5.78 Å². The molecule has 0 unspecified atom stereocenters. The zero-order chi connectivity index (χ0) is 14.9. The van der Waals surface area contributed by atoms with E-state index in [0.717, 1.165) is 25.8 Å². The normalized spacial score (nSPS) is 21.0. The maximum absolute atomic E-state index is 12.6. The second-order valence-electron chi connectivity index (χ2n) is 5.67. The number of hydrogen-bond donors (Lipinski definition) is 1. The van der Waals surface area contributed by atoms with Crippen LogP contribution in [0.3, 0.4) is 0 Å². The van der Waals surface area contributed by atoms with Crippen LogP contribution in [0.4, 0.5) is 0 Å². The van der Waals surface area contributed by atoms with Crippen molar-refractivity contribution in [3.63, 3.8) is 0 Å². The van der Waals surface area contributed by atoms with Gasteiger partial charge in [0.05, 0.1) is 4.90 Å². The van der Waals surface area contributed by atoms with Gasteiger partial charge in [-0.25, -0.2) is 8.42 Å². The third-order valence-electron chi connectivity index (χ3n) is 4.02. The number of hydrogen-bond acceptors (Lipinski definition) is 4. The van der Waals surface area contributed by atoms with E-state index in [9.17, 15) is 13.2 Å². The van der Waals surface area contributed by atoms with Crippen LogP contribution in [-0.4, -0.2) is 44.7 Å². The van der Waals surface area contributed by atoms with E-state index in [1.807, 2.05) is 0 Å². The SMILES string of the molecule is O=C(c1ccc(S(=O)(=O)N2CCCNCC2)cc1)C1CC1. The highest BCUT2D eigenvalue weighted by molar-refractivity contribution is 7.89. The van der Waals surface area contributed by atoms with E-state index in [0.29, 0.717) is 25.2 Å². The molecule has 1 saturated heterocycles. The average molecular weight is 308 g/mol. The third kappa shape index (κ3) is 3.17. The zero-order valence-corrected chi connectivity index (χ0v) is 12.7. The quantitative estimate of drug-likeness (QED) is 0.851. The van der Waals surface area contributed by atoms with Crippen molar-refractivity contribution in [3.05, 3.63) is 29.8 Å². The van der Waals surface area contributed by atoms with Crippen molar-refractivity contribution in [2.75, 3.05) is 26.2 Å². The highest BCUT2D eigenvalue weighted by atomic mass is 32.2. The molecule has 1 aromatic rings. The number of benzene rings is 1. The van der Waals surface area contributed by atoms with Crippen LogP contribution in [0.2, 0.25) is 0 Å². The molecule has 0 atom stereocenters. The molecule has 21 heavy (non-hydrogen) atoms. The van der Waals surface area contributed by atoms with Crippen molar-refractivity contribution in [3.8, 4) is 0 Å². The third-order valence-corrected chi connectivity index (χ3v) is 5.94. The number of ketones is 1. The molecule has 0 aromatic heterocycles. The van der Waals surface area contributed by atoms with Crippen molar-refractivity contribution in [2.24, 2.45) is 5.92 Å². The summed E-state index contributed by atoms with van der Waals surface area (Å²) in [5, 5.41) is 3.19. The lowest BCUT2D eigenvalue weighted by Gasteiger charge is -2.19. The molecular weight excluding hydrogens is 288 g/mol. The number of sulfonamides is 1. The highest BCUT2D eigenvalue weighted by Gasteiger charge is 2.31. The fourth-order valence-corrected chi connectivity index (χ4v) is 4.06. The molecule has 1 saturated carbocycles. The summed E-state index contributed by atoms with van der Waals surface area (Å²) in [4.78, 5) is 12.2. The molecule has 0 spiro atoms. The fourth-order valence-electron chi connectivity index (χ4n) is 2.58. The molecule has 0 bridgehead atoms. The maximum Gasteiger partial charge on any atom is 0.243 e. The maximum atomic E-state index is 12.6. The van der Waals surface area contributed by atoms with E-state index in [-0.39, 0.29) is 16.6 Å². The molecule has 6 heteroatoms. The molecular formula is C15H20N2O3S. The number of rotatable bonds is 4. The Hall–Kier alpha value is -1.24. The van der Waals surface area contributed by atoms with Gasteiger partial charge < -0.3 is 5.32 Å². The van der Waals surface area contributed by atoms with Crippen LogP contribution >= 0.6 is 0 Å². The monoisotopic (exact) mass is 308 g/mol. The van der Waals surface area contributed by atoms with Gasteiger partial charge in [0.1, 0.15) is 0 Å². The van der Waals surface area contributed by atoms with Gasteiger partial charge in [-0.05, 0) is 37.9 Å². The van der Waals surface area contributed by atoms with Crippen molar-refractivity contribution in [1.82, 2.24) is 9.62 Å². The Morgan fingerprint density at radius 1 is 1.10 bits per heavy atom. The van der Waals surface area contributed by atoms with E-state index in [1.54, 1.807) is 24.3 Å². The smallest absolute Gasteiger partial charge is 0.243 e. The van der Waals surface area contributed by atoms with Gasteiger partial charge in [0.2, 0.25) is 10.0 Å². The summed E-state index contributed by atoms with van der Waals surface area (Å²) >= 11 is 0. The summed E-state index contributed by atoms with van der Waals surface area (Å²) in [6.07, 6.45) is 2.73. The molecule has 0 amide bonds. The van der Waals surface area contributed by atoms with Gasteiger partial charge in [-0.3, -0.25) is 4.79 Å². The molecule has 5 nitrogen and oxygen atoms in total. The first-order chi connectivity index (χ1) is 10.1. The summed E-state index contributed by atoms with van der Waals surface area (Å²) < 4.78 is 26.7. The fraction of sp³-hybridized carbons (Fsp3) is 0.533. The van der Waals surface area contributed by atoms with Crippen molar-refractivity contribution in [1.29, 1.82) is 0 Å². The zero-order valence-electron chi connectivity index (χ0n) is 11.9. The van der Waals surface area contributed by atoms with Crippen LogP contribution in [0.25, 0.3) is 0 Å². The van der Waals surface area contributed by atoms with E-state index >= 15 is 0 Å². The highest BCUT2D eigenvalue weighted by Crippen LogP contribution is 2.32. The number of carbonyl (C=O) groups excluding carboxylic acids is 1. The predicted molar refractivity (Wildman–Crippen MR) is 79.7 cm³/mol. The minimum Gasteiger partial charge on any atom is -0.315 e. The van der Waals surface area contributed by atoms with E-state index < -0.39 is 10.0 Å². The Labute approximate surface area is 125 Å². The minimum atomic E-state index is -3.45. The summed E-state index contributed by atoms with van der Waals surface area (Å²) in [6.45, 7) is 2.56. The Kier molecular flexibility index (Phi) is 4.10. The lowest BCUT2D eigenvalue weighted by molar-refractivity contribution is 0.0967. The molecule has 2 aliphatic rings. The molecule has 3 rings (SSSR count). The topological polar surface area (TPSA) is 66.5 Å². The van der Waals surface area contributed by atoms with E-state index in [4.69, 9.17) is 0 Å². The molecule has 114 valence electrons. The molecule has 2 fully saturated rings. The molecule has 1 heterocycles. The van der Waals surface area contributed by atoms with Crippen LogP contribution in [0.15, 0.2) is 29.2 Å². The molecule has 1 aliphatic carbocycles. The summed E-state index contributed by atoms with van der Waals surface area (Å²) in [6, 6.07) is 6.40. The summed E-state index contributed by atoms with van der Waals surface area (Å²) in [7, 11) is -3.45. The first-order valence-corrected chi connectivity index (χ1v) is 8.88. The first-order valence-electron chi connectivity index (χ1n) is 7.44. The second-order valence-corrected chi connectivity index (χ2v) is 7.61. The van der Waals surface area contributed by atoms with Gasteiger partial charge >= 0.3 is 0 Å². The standard InChI is InChI=1S/C15H20N2O3S/c18-15(12-2-3-12)13-4-6-14(7-5-13)21(19,20)17-10-1-8-16-9-11-17/h4-7,12,16H,1-3,8-11H2. The number of nitrogens with one attached hydrogen (secondary N) is 1. The number of carbonyl (C=O) groups is 1. The average Bonchev–Trinajstić information content (AvgIpc) is 3.32. The Bertz CT molecular complexity index is 613. The summed E-state index contributed by atoms with van der Waals surface area (Å²) in [5.74, 6) is 0.294. The van der Waals surface area contributed by atoms with Crippen LogP contribution in [0.5, 0.6) is 0 Å². The lowest BCUT2D eigenvalue weighted by atomic mass is 10.1. The largest absolute Gasteiger partial charge is 0.315 e. The Morgan fingerprint density at radius 2 is 1.81 bits per heavy atom. The second kappa shape index (κ2) is 5.87. The number of Topliss-reactive ketones (excluding diaryl/α,β-unsaturated/α-hetero) is 1. The van der Waals surface area contributed by atoms with Crippen LogP contribution in [0, 0.1) is 5.92 Å². The van der Waals surface area contributed by atoms with Crippen LogP contribution in [0.1, 0.15) is 29.6 Å². The molecule has 1 aliphatic heterocycles. The predicted octanol–water partition coefficient (Wildman–Crippen LogP) is 1.26. The van der Waals surface area contributed by atoms with Crippen LogP contribution in [-0.2, 0) is 10.0 Å². The summed E-state index contributed by atoms with van der Waals surface area (Å²) in [5.41, 5.74) is 0.619. The lowest BCUT2D eigenvalue weighted by Crippen LogP contribution is -2.34. The molecule has 1 aromatic carbocycles. The van der Waals surface area contributed by atoms with Gasteiger partial charge in [-0.15, -0.1) is 0 Å². The van der Waals surface area contributed by atoms with Gasteiger partial charge in [0, 0.05) is 31.1 Å². The number of nitrogens with zero attached hydrogens (tertiary/aromatic N) is 1. The van der Waals surface area contributed by atoms with Crippen molar-refractivity contribution in [2.45, 2.75) is 24.2 Å². The van der Waals surface area contributed by atoms with Gasteiger partial charge in [-0.2, -0.15) is 4.31 Å². The van der Waals surface area contributed by atoms with Crippen molar-refractivity contribution < 1.29 is 13.2 Å². The van der Waals surface area contributed by atoms with E-state index in [2.05, 4.69) is 5.32 Å². The Balaban J connectivity index is 1.79. The van der Waals surface area contributed by atoms with Crippen LogP contribution < -0.4 is 5.32 Å². The first kappa shape index (κ1) is 14.7. The minimum absolute atomic E-state index is 0.137. The Morgan fingerprint density at radius 3 is 2.48 bits per heavy atom. The van der Waals surface area contributed by atoms with Gasteiger partial charge in [0.25, 0.3) is 0 Å². The van der Waals surface area contributed by atoms with E-state index in [1.165, 1.54) is 4.31 Å². The molecule has 1 N–H and O–H groups in total.